The third-order valence-electron chi connectivity index (χ3n) is 2.47. The van der Waals surface area contributed by atoms with E-state index in [1.165, 1.54) is 29.8 Å². The molecule has 0 unspecified atom stereocenters. The van der Waals surface area contributed by atoms with Crippen molar-refractivity contribution in [3.05, 3.63) is 41.5 Å². The Labute approximate surface area is 120 Å². The number of nitrogens with zero attached hydrogens (tertiary/aromatic N) is 2. The number of nitrogens with two attached hydrogens (primary N) is 1. The first-order chi connectivity index (χ1) is 8.93. The molecule has 5 nitrogen and oxygen atoms in total. The zero-order valence-corrected chi connectivity index (χ0v) is 12.4. The topological polar surface area (TPSA) is 76.3 Å². The number of rotatable bonds is 4. The Morgan fingerprint density at radius 2 is 1.95 bits per heavy atom. The van der Waals surface area contributed by atoms with Crippen molar-refractivity contribution in [1.29, 1.82) is 0 Å². The first kappa shape index (κ1) is 13.9. The van der Waals surface area contributed by atoms with Gasteiger partial charge in [0.05, 0.1) is 10.6 Å². The van der Waals surface area contributed by atoms with Crippen LogP contribution >= 0.6 is 23.6 Å². The quantitative estimate of drug-likeness (QED) is 0.868. The minimum Gasteiger partial charge on any atom is -0.389 e. The van der Waals surface area contributed by atoms with Crippen LogP contribution in [0.4, 0.5) is 5.69 Å². The van der Waals surface area contributed by atoms with Crippen LogP contribution in [0.1, 0.15) is 4.88 Å². The highest BCUT2D eigenvalue weighted by atomic mass is 32.2. The highest BCUT2D eigenvalue weighted by Gasteiger charge is 2.23. The zero-order chi connectivity index (χ0) is 14.0. The smallest absolute Gasteiger partial charge is 0.273 e. The molecule has 0 saturated carbocycles. The number of hydrogen-bond donors (Lipinski definition) is 1. The number of sulfonamides is 1. The van der Waals surface area contributed by atoms with E-state index in [2.05, 4.69) is 4.98 Å². The van der Waals surface area contributed by atoms with Crippen LogP contribution < -0.4 is 10.0 Å². The van der Waals surface area contributed by atoms with Gasteiger partial charge in [0.2, 0.25) is 0 Å². The third-order valence-corrected chi connectivity index (χ3v) is 6.19. The average molecular weight is 313 g/mol. The zero-order valence-electron chi connectivity index (χ0n) is 9.98. The second-order valence-electron chi connectivity index (χ2n) is 3.66. The van der Waals surface area contributed by atoms with E-state index < -0.39 is 10.0 Å². The van der Waals surface area contributed by atoms with Crippen molar-refractivity contribution in [3.63, 3.8) is 0 Å². The fourth-order valence-corrected chi connectivity index (χ4v) is 4.14. The standard InChI is InChI=1S/C11H11N3O2S3/c1-14(8-4-6-13-7-5-8)19(15,16)10-3-2-9(18-10)11(12)17/h2-7H,1H3,(H2,12,17). The van der Waals surface area contributed by atoms with Crippen LogP contribution in [0.3, 0.4) is 0 Å². The van der Waals surface area contributed by atoms with E-state index in [-0.39, 0.29) is 9.20 Å². The van der Waals surface area contributed by atoms with Crippen molar-refractivity contribution < 1.29 is 8.42 Å². The maximum absolute atomic E-state index is 12.4. The van der Waals surface area contributed by atoms with Gasteiger partial charge in [0.1, 0.15) is 9.20 Å². The van der Waals surface area contributed by atoms with Gasteiger partial charge in [-0.05, 0) is 24.3 Å². The van der Waals surface area contributed by atoms with Gasteiger partial charge >= 0.3 is 0 Å². The molecule has 0 radical (unpaired) electrons. The first-order valence-corrected chi connectivity index (χ1v) is 7.88. The molecule has 2 N–H and O–H groups in total. The van der Waals surface area contributed by atoms with Crippen LogP contribution in [0, 0.1) is 0 Å². The largest absolute Gasteiger partial charge is 0.389 e. The van der Waals surface area contributed by atoms with Gasteiger partial charge in [-0.3, -0.25) is 9.29 Å². The molecule has 0 bridgehead atoms. The molecule has 0 aliphatic heterocycles. The molecule has 0 amide bonds. The van der Waals surface area contributed by atoms with Crippen molar-refractivity contribution in [2.45, 2.75) is 4.21 Å². The van der Waals surface area contributed by atoms with Crippen molar-refractivity contribution >= 4 is 44.3 Å². The van der Waals surface area contributed by atoms with Gasteiger partial charge < -0.3 is 5.73 Å². The Morgan fingerprint density at radius 1 is 1.32 bits per heavy atom. The van der Waals surface area contributed by atoms with Gasteiger partial charge in [0.25, 0.3) is 10.0 Å². The maximum atomic E-state index is 12.4. The van der Waals surface area contributed by atoms with Gasteiger partial charge in [-0.25, -0.2) is 8.42 Å². The summed E-state index contributed by atoms with van der Waals surface area (Å²) in [6, 6.07) is 6.37. The lowest BCUT2D eigenvalue weighted by atomic mass is 10.4. The van der Waals surface area contributed by atoms with E-state index in [0.29, 0.717) is 10.6 Å². The third kappa shape index (κ3) is 2.75. The van der Waals surface area contributed by atoms with Crippen LogP contribution in [0.2, 0.25) is 0 Å². The van der Waals surface area contributed by atoms with Crippen molar-refractivity contribution in [1.82, 2.24) is 4.98 Å². The van der Waals surface area contributed by atoms with Gasteiger partial charge in [-0.1, -0.05) is 12.2 Å². The predicted octanol–water partition coefficient (Wildman–Crippen LogP) is 1.60. The van der Waals surface area contributed by atoms with E-state index in [0.717, 1.165) is 11.3 Å². The lowest BCUT2D eigenvalue weighted by molar-refractivity contribution is 0.596. The van der Waals surface area contributed by atoms with E-state index >= 15 is 0 Å². The molecule has 2 heterocycles. The molecule has 0 atom stereocenters. The van der Waals surface area contributed by atoms with E-state index in [9.17, 15) is 8.42 Å². The summed E-state index contributed by atoms with van der Waals surface area (Å²) in [5, 5.41) is 0. The summed E-state index contributed by atoms with van der Waals surface area (Å²) in [7, 11) is -2.10. The summed E-state index contributed by atoms with van der Waals surface area (Å²) < 4.78 is 26.2. The molecule has 0 spiro atoms. The van der Waals surface area contributed by atoms with Crippen LogP contribution in [0.15, 0.2) is 40.9 Å². The van der Waals surface area contributed by atoms with Crippen LogP contribution in [0.5, 0.6) is 0 Å². The van der Waals surface area contributed by atoms with E-state index in [1.807, 2.05) is 0 Å². The molecule has 0 saturated heterocycles. The van der Waals surface area contributed by atoms with Gasteiger partial charge in [-0.15, -0.1) is 11.3 Å². The summed E-state index contributed by atoms with van der Waals surface area (Å²) >= 11 is 5.89. The highest BCUT2D eigenvalue weighted by Crippen LogP contribution is 2.27. The lowest BCUT2D eigenvalue weighted by Gasteiger charge is -2.17. The SMILES string of the molecule is CN(c1ccncc1)S(=O)(=O)c1ccc(C(N)=S)s1. The van der Waals surface area contributed by atoms with Gasteiger partial charge in [0, 0.05) is 19.4 Å². The molecule has 19 heavy (non-hydrogen) atoms. The first-order valence-electron chi connectivity index (χ1n) is 5.21. The average Bonchev–Trinajstić information content (AvgIpc) is 2.89. The van der Waals surface area contributed by atoms with Gasteiger partial charge in [0.15, 0.2) is 0 Å². The molecule has 0 fully saturated rings. The number of thiophene rings is 1. The molecule has 2 aromatic rings. The predicted molar refractivity (Wildman–Crippen MR) is 80.0 cm³/mol. The molecule has 8 heteroatoms. The molecule has 0 aliphatic carbocycles. The van der Waals surface area contributed by atoms with Crippen molar-refractivity contribution in [2.24, 2.45) is 5.73 Å². The van der Waals surface area contributed by atoms with E-state index in [1.54, 1.807) is 18.2 Å². The summed E-state index contributed by atoms with van der Waals surface area (Å²) in [5.74, 6) is 0. The number of anilines is 1. The molecular formula is C11H11N3O2S3. The Kier molecular flexibility index (Phi) is 3.83. The number of hydrogen-bond acceptors (Lipinski definition) is 5. The fraction of sp³-hybridized carbons (Fsp3) is 0.0909. The Hall–Kier alpha value is -1.51. The normalized spacial score (nSPS) is 11.2. The monoisotopic (exact) mass is 313 g/mol. The maximum Gasteiger partial charge on any atom is 0.273 e. The summed E-state index contributed by atoms with van der Waals surface area (Å²) in [5.41, 5.74) is 6.02. The van der Waals surface area contributed by atoms with Gasteiger partial charge in [-0.2, -0.15) is 0 Å². The molecule has 2 rings (SSSR count). The second kappa shape index (κ2) is 5.24. The Bertz CT molecular complexity index is 695. The molecule has 100 valence electrons. The minimum atomic E-state index is -3.60. The van der Waals surface area contributed by atoms with E-state index in [4.69, 9.17) is 18.0 Å². The van der Waals surface area contributed by atoms with Crippen molar-refractivity contribution in [3.8, 4) is 0 Å². The fourth-order valence-electron chi connectivity index (χ4n) is 1.42. The number of thiocarbonyl (C=S) groups is 1. The number of aromatic nitrogens is 1. The van der Waals surface area contributed by atoms with Crippen molar-refractivity contribution in [2.75, 3.05) is 11.4 Å². The Morgan fingerprint density at radius 3 is 2.47 bits per heavy atom. The van der Waals surface area contributed by atoms with Crippen LogP contribution in [-0.2, 0) is 10.0 Å². The highest BCUT2D eigenvalue weighted by molar-refractivity contribution is 7.94. The Balaban J connectivity index is 2.39. The molecule has 0 aliphatic rings. The van der Waals surface area contributed by atoms with Crippen LogP contribution in [-0.4, -0.2) is 25.4 Å². The number of pyridine rings is 1. The summed E-state index contributed by atoms with van der Waals surface area (Å²) in [6.07, 6.45) is 3.08. The summed E-state index contributed by atoms with van der Waals surface area (Å²) in [4.78, 5) is 4.63. The second-order valence-corrected chi connectivity index (χ2v) is 7.38. The molecule has 0 aromatic carbocycles. The minimum absolute atomic E-state index is 0.193. The van der Waals surface area contributed by atoms with Crippen LogP contribution in [0.25, 0.3) is 0 Å². The molecule has 2 aromatic heterocycles. The summed E-state index contributed by atoms with van der Waals surface area (Å²) in [6.45, 7) is 0. The lowest BCUT2D eigenvalue weighted by Crippen LogP contribution is -2.25. The molecular weight excluding hydrogens is 302 g/mol.